The molecule has 0 radical (unpaired) electrons. The van der Waals surface area contributed by atoms with Crippen molar-refractivity contribution in [1.82, 2.24) is 15.3 Å². The van der Waals surface area contributed by atoms with Gasteiger partial charge in [-0.1, -0.05) is 0 Å². The molecule has 9 heteroatoms. The van der Waals surface area contributed by atoms with E-state index in [2.05, 4.69) is 15.3 Å². The fourth-order valence-corrected chi connectivity index (χ4v) is 1.79. The predicted octanol–water partition coefficient (Wildman–Crippen LogP) is 1.01. The van der Waals surface area contributed by atoms with E-state index in [-0.39, 0.29) is 6.54 Å². The Morgan fingerprint density at radius 3 is 2.90 bits per heavy atom. The molecule has 0 unspecified atom stereocenters. The number of carbonyl (C=O) groups is 1. The third kappa shape index (κ3) is 3.14. The third-order valence-electron chi connectivity index (χ3n) is 2.83. The van der Waals surface area contributed by atoms with Crippen LogP contribution in [0.15, 0.2) is 24.7 Å². The number of hydrogen-bond acceptors (Lipinski definition) is 5. The summed E-state index contributed by atoms with van der Waals surface area (Å²) in [5, 5.41) is 13.2. The van der Waals surface area contributed by atoms with E-state index in [4.69, 9.17) is 5.73 Å². The summed E-state index contributed by atoms with van der Waals surface area (Å²) in [6.45, 7) is 0.211. The summed E-state index contributed by atoms with van der Waals surface area (Å²) in [6.07, 6.45) is 3.55. The average Bonchev–Trinajstić information content (AvgIpc) is 2.91. The van der Waals surface area contributed by atoms with Crippen LogP contribution in [-0.2, 0) is 6.42 Å². The number of anilines is 1. The van der Waals surface area contributed by atoms with Crippen LogP contribution >= 0.6 is 0 Å². The molecule has 0 spiro atoms. The van der Waals surface area contributed by atoms with Gasteiger partial charge in [0.15, 0.2) is 0 Å². The lowest BCUT2D eigenvalue weighted by atomic mass is 10.1. The number of nitrogens with two attached hydrogens (primary N) is 1. The van der Waals surface area contributed by atoms with Crippen LogP contribution in [0, 0.1) is 15.9 Å². The summed E-state index contributed by atoms with van der Waals surface area (Å²) in [6, 6.07) is 1.77. The van der Waals surface area contributed by atoms with E-state index >= 15 is 0 Å². The number of nitrogens with zero attached hydrogens (tertiary/aromatic N) is 2. The predicted molar refractivity (Wildman–Crippen MR) is 72.1 cm³/mol. The average molecular weight is 293 g/mol. The molecule has 2 aromatic rings. The standard InChI is InChI=1S/C12H12FN5O3/c13-8-1-2-9(18(20)21)11(14)10(8)12(19)16-4-3-7-5-15-6-17-7/h1-2,5-6H,3-4,14H2,(H,15,17)(H,16,19). The summed E-state index contributed by atoms with van der Waals surface area (Å²) >= 11 is 0. The van der Waals surface area contributed by atoms with Gasteiger partial charge >= 0.3 is 0 Å². The number of nitro groups is 1. The van der Waals surface area contributed by atoms with E-state index in [1.54, 1.807) is 6.20 Å². The minimum absolute atomic E-state index is 0.211. The van der Waals surface area contributed by atoms with Crippen molar-refractivity contribution in [1.29, 1.82) is 0 Å². The number of benzene rings is 1. The van der Waals surface area contributed by atoms with Crippen molar-refractivity contribution >= 4 is 17.3 Å². The molecule has 0 bridgehead atoms. The molecule has 1 amide bonds. The monoisotopic (exact) mass is 293 g/mol. The normalized spacial score (nSPS) is 10.3. The number of hydrogen-bond donors (Lipinski definition) is 3. The number of nitrogen functional groups attached to an aromatic ring is 1. The third-order valence-corrected chi connectivity index (χ3v) is 2.83. The second-order valence-electron chi connectivity index (χ2n) is 4.20. The van der Waals surface area contributed by atoms with Crippen molar-refractivity contribution in [3.05, 3.63) is 51.8 Å². The number of aromatic nitrogens is 2. The van der Waals surface area contributed by atoms with Crippen molar-refractivity contribution in [3.63, 3.8) is 0 Å². The number of amides is 1. The lowest BCUT2D eigenvalue weighted by Crippen LogP contribution is -2.27. The fourth-order valence-electron chi connectivity index (χ4n) is 1.79. The number of aromatic amines is 1. The Hall–Kier alpha value is -2.97. The lowest BCUT2D eigenvalue weighted by molar-refractivity contribution is -0.384. The van der Waals surface area contributed by atoms with E-state index in [0.717, 1.165) is 17.8 Å². The molecule has 0 saturated carbocycles. The molecule has 1 aromatic heterocycles. The molecule has 0 aliphatic rings. The zero-order valence-electron chi connectivity index (χ0n) is 10.8. The Labute approximate surface area is 118 Å². The van der Waals surface area contributed by atoms with Crippen LogP contribution in [-0.4, -0.2) is 27.3 Å². The van der Waals surface area contributed by atoms with Crippen molar-refractivity contribution in [2.75, 3.05) is 12.3 Å². The number of nitro benzene ring substituents is 1. The first-order valence-electron chi connectivity index (χ1n) is 5.98. The molecule has 8 nitrogen and oxygen atoms in total. The molecule has 0 atom stereocenters. The summed E-state index contributed by atoms with van der Waals surface area (Å²) in [7, 11) is 0. The maximum atomic E-state index is 13.7. The van der Waals surface area contributed by atoms with Gasteiger partial charge in [0.2, 0.25) is 0 Å². The number of halogens is 1. The second kappa shape index (κ2) is 5.99. The van der Waals surface area contributed by atoms with Crippen molar-refractivity contribution in [2.45, 2.75) is 6.42 Å². The Bertz CT molecular complexity index is 672. The van der Waals surface area contributed by atoms with Crippen LogP contribution in [0.4, 0.5) is 15.8 Å². The number of carbonyl (C=O) groups excluding carboxylic acids is 1. The molecule has 2 rings (SSSR count). The molecule has 4 N–H and O–H groups in total. The molecule has 0 aliphatic carbocycles. The first kappa shape index (κ1) is 14.4. The minimum atomic E-state index is -0.905. The Morgan fingerprint density at radius 2 is 2.29 bits per heavy atom. The van der Waals surface area contributed by atoms with Crippen LogP contribution in [0.5, 0.6) is 0 Å². The van der Waals surface area contributed by atoms with Crippen LogP contribution in [0.25, 0.3) is 0 Å². The lowest BCUT2D eigenvalue weighted by Gasteiger charge is -2.08. The molecule has 1 heterocycles. The molecule has 21 heavy (non-hydrogen) atoms. The van der Waals surface area contributed by atoms with Gasteiger partial charge in [-0.3, -0.25) is 14.9 Å². The van der Waals surface area contributed by atoms with Gasteiger partial charge in [0.05, 0.1) is 11.3 Å². The van der Waals surface area contributed by atoms with E-state index in [0.29, 0.717) is 6.42 Å². The summed E-state index contributed by atoms with van der Waals surface area (Å²) in [5.41, 5.74) is 4.78. The van der Waals surface area contributed by atoms with Crippen molar-refractivity contribution < 1.29 is 14.1 Å². The van der Waals surface area contributed by atoms with Gasteiger partial charge in [-0.25, -0.2) is 9.37 Å². The highest BCUT2D eigenvalue weighted by atomic mass is 19.1. The van der Waals surface area contributed by atoms with Gasteiger partial charge in [-0.2, -0.15) is 0 Å². The zero-order valence-corrected chi connectivity index (χ0v) is 10.8. The van der Waals surface area contributed by atoms with E-state index < -0.39 is 33.6 Å². The molecule has 0 saturated heterocycles. The van der Waals surface area contributed by atoms with Crippen LogP contribution in [0.2, 0.25) is 0 Å². The highest BCUT2D eigenvalue weighted by Gasteiger charge is 2.23. The van der Waals surface area contributed by atoms with E-state index in [9.17, 15) is 19.3 Å². The summed E-state index contributed by atoms with van der Waals surface area (Å²) in [5.74, 6) is -1.70. The minimum Gasteiger partial charge on any atom is -0.392 e. The maximum Gasteiger partial charge on any atom is 0.293 e. The number of H-pyrrole nitrogens is 1. The SMILES string of the molecule is Nc1c([N+](=O)[O-])ccc(F)c1C(=O)NCCc1cnc[nH]1. The van der Waals surface area contributed by atoms with Crippen molar-refractivity contribution in [2.24, 2.45) is 0 Å². The maximum absolute atomic E-state index is 13.7. The van der Waals surface area contributed by atoms with Gasteiger partial charge in [0.1, 0.15) is 17.1 Å². The largest absolute Gasteiger partial charge is 0.392 e. The molecule has 0 fully saturated rings. The van der Waals surface area contributed by atoms with Gasteiger partial charge in [0, 0.05) is 30.9 Å². The van der Waals surface area contributed by atoms with Crippen LogP contribution in [0.1, 0.15) is 16.1 Å². The first-order valence-corrected chi connectivity index (χ1v) is 5.98. The second-order valence-corrected chi connectivity index (χ2v) is 4.20. The van der Waals surface area contributed by atoms with Gasteiger partial charge in [-0.15, -0.1) is 0 Å². The number of imidazole rings is 1. The van der Waals surface area contributed by atoms with Crippen LogP contribution < -0.4 is 11.1 Å². The molecule has 0 aliphatic heterocycles. The Morgan fingerprint density at radius 1 is 1.52 bits per heavy atom. The number of rotatable bonds is 5. The topological polar surface area (TPSA) is 127 Å². The van der Waals surface area contributed by atoms with E-state index in [1.165, 1.54) is 6.33 Å². The van der Waals surface area contributed by atoms with Gasteiger partial charge in [0.25, 0.3) is 11.6 Å². The molecular weight excluding hydrogens is 281 g/mol. The Kier molecular flexibility index (Phi) is 4.12. The summed E-state index contributed by atoms with van der Waals surface area (Å²) < 4.78 is 13.7. The number of nitrogens with one attached hydrogen (secondary N) is 2. The molecule has 110 valence electrons. The zero-order chi connectivity index (χ0) is 15.4. The van der Waals surface area contributed by atoms with Gasteiger partial charge < -0.3 is 16.0 Å². The van der Waals surface area contributed by atoms with E-state index in [1.807, 2.05) is 0 Å². The van der Waals surface area contributed by atoms with Gasteiger partial charge in [-0.05, 0) is 6.07 Å². The quantitative estimate of drug-likeness (QED) is 0.430. The summed E-state index contributed by atoms with van der Waals surface area (Å²) in [4.78, 5) is 28.5. The smallest absolute Gasteiger partial charge is 0.293 e. The fraction of sp³-hybridized carbons (Fsp3) is 0.167. The van der Waals surface area contributed by atoms with Crippen molar-refractivity contribution in [3.8, 4) is 0 Å². The highest BCUT2D eigenvalue weighted by Crippen LogP contribution is 2.27. The molecule has 1 aromatic carbocycles. The first-order chi connectivity index (χ1) is 10.0. The Balaban J connectivity index is 2.11. The molecular formula is C12H12FN5O3. The van der Waals surface area contributed by atoms with Crippen LogP contribution in [0.3, 0.4) is 0 Å². The highest BCUT2D eigenvalue weighted by molar-refractivity contribution is 6.01.